The van der Waals surface area contributed by atoms with Crippen LogP contribution in [0.5, 0.6) is 0 Å². The van der Waals surface area contributed by atoms with Gasteiger partial charge in [-0.15, -0.1) is 0 Å². The summed E-state index contributed by atoms with van der Waals surface area (Å²) in [6.07, 6.45) is 4.30. The Hall–Kier alpha value is -1.49. The zero-order valence-corrected chi connectivity index (χ0v) is 10.7. The molecular weight excluding hydrogens is 208 g/mol. The minimum Gasteiger partial charge on any atom is -0.367 e. The van der Waals surface area contributed by atoms with Crippen LogP contribution in [0.3, 0.4) is 0 Å². The van der Waals surface area contributed by atoms with Gasteiger partial charge in [0, 0.05) is 5.69 Å². The number of benzene rings is 1. The molecule has 1 aliphatic carbocycles. The van der Waals surface area contributed by atoms with Crippen molar-refractivity contribution in [2.75, 3.05) is 5.32 Å². The Balaban J connectivity index is 2.11. The van der Waals surface area contributed by atoms with Crippen LogP contribution in [0.15, 0.2) is 24.3 Å². The number of anilines is 1. The summed E-state index contributed by atoms with van der Waals surface area (Å²) in [7, 11) is 0. The summed E-state index contributed by atoms with van der Waals surface area (Å²) in [5.74, 6) is 0.701. The highest BCUT2D eigenvalue weighted by Crippen LogP contribution is 2.38. The van der Waals surface area contributed by atoms with E-state index in [2.05, 4.69) is 49.5 Å². The van der Waals surface area contributed by atoms with Crippen molar-refractivity contribution >= 4 is 5.69 Å². The van der Waals surface area contributed by atoms with Gasteiger partial charge < -0.3 is 5.32 Å². The van der Waals surface area contributed by atoms with E-state index in [1.54, 1.807) is 0 Å². The highest BCUT2D eigenvalue weighted by molar-refractivity contribution is 5.49. The van der Waals surface area contributed by atoms with Crippen molar-refractivity contribution in [1.82, 2.24) is 0 Å². The van der Waals surface area contributed by atoms with Crippen LogP contribution in [0.1, 0.15) is 38.2 Å². The standard InChI is InChI=1S/C15H20N2/c1-3-13-8-9-15(10-13,11-16)17-14-6-4-12(2)5-7-14/h4-7,13,17H,3,8-10H2,1-2H3. The van der Waals surface area contributed by atoms with Crippen molar-refractivity contribution in [3.63, 3.8) is 0 Å². The predicted octanol–water partition coefficient (Wildman–Crippen LogP) is 3.88. The van der Waals surface area contributed by atoms with Gasteiger partial charge in [0.1, 0.15) is 5.54 Å². The zero-order valence-electron chi connectivity index (χ0n) is 10.7. The van der Waals surface area contributed by atoms with E-state index in [4.69, 9.17) is 0 Å². The molecule has 17 heavy (non-hydrogen) atoms. The molecule has 1 aromatic rings. The first kappa shape index (κ1) is 12.0. The van der Waals surface area contributed by atoms with Crippen LogP contribution in [0.4, 0.5) is 5.69 Å². The third-order valence-electron chi connectivity index (χ3n) is 3.84. The lowest BCUT2D eigenvalue weighted by atomic mass is 9.96. The van der Waals surface area contributed by atoms with E-state index in [-0.39, 0.29) is 5.54 Å². The first-order chi connectivity index (χ1) is 8.17. The Morgan fingerprint density at radius 2 is 2.12 bits per heavy atom. The van der Waals surface area contributed by atoms with E-state index in [0.29, 0.717) is 5.92 Å². The fourth-order valence-corrected chi connectivity index (χ4v) is 2.65. The molecular formula is C15H20N2. The fourth-order valence-electron chi connectivity index (χ4n) is 2.65. The van der Waals surface area contributed by atoms with Crippen molar-refractivity contribution in [2.24, 2.45) is 5.92 Å². The third-order valence-corrected chi connectivity index (χ3v) is 3.84. The minimum absolute atomic E-state index is 0.337. The van der Waals surface area contributed by atoms with Gasteiger partial charge in [0.2, 0.25) is 0 Å². The molecule has 90 valence electrons. The smallest absolute Gasteiger partial charge is 0.125 e. The molecule has 0 spiro atoms. The first-order valence-corrected chi connectivity index (χ1v) is 6.43. The second-order valence-electron chi connectivity index (χ2n) is 5.20. The van der Waals surface area contributed by atoms with Gasteiger partial charge in [0.05, 0.1) is 6.07 Å². The van der Waals surface area contributed by atoms with Crippen LogP contribution in [0.2, 0.25) is 0 Å². The number of hydrogen-bond donors (Lipinski definition) is 1. The van der Waals surface area contributed by atoms with E-state index < -0.39 is 0 Å². The van der Waals surface area contributed by atoms with E-state index in [0.717, 1.165) is 18.5 Å². The van der Waals surface area contributed by atoms with Crippen molar-refractivity contribution in [3.8, 4) is 6.07 Å². The number of nitrogens with one attached hydrogen (secondary N) is 1. The molecule has 0 amide bonds. The molecule has 0 bridgehead atoms. The van der Waals surface area contributed by atoms with E-state index in [9.17, 15) is 5.26 Å². The van der Waals surface area contributed by atoms with Crippen LogP contribution in [-0.2, 0) is 0 Å². The molecule has 1 fully saturated rings. The summed E-state index contributed by atoms with van der Waals surface area (Å²) in [6.45, 7) is 4.29. The van der Waals surface area contributed by atoms with Crippen LogP contribution >= 0.6 is 0 Å². The van der Waals surface area contributed by atoms with Crippen molar-refractivity contribution in [3.05, 3.63) is 29.8 Å². The van der Waals surface area contributed by atoms with Gasteiger partial charge in [-0.25, -0.2) is 0 Å². The Morgan fingerprint density at radius 1 is 1.41 bits per heavy atom. The summed E-state index contributed by atoms with van der Waals surface area (Å²) >= 11 is 0. The van der Waals surface area contributed by atoms with Crippen molar-refractivity contribution < 1.29 is 0 Å². The fraction of sp³-hybridized carbons (Fsp3) is 0.533. The van der Waals surface area contributed by atoms with E-state index >= 15 is 0 Å². The summed E-state index contributed by atoms with van der Waals surface area (Å²) in [4.78, 5) is 0. The Bertz CT molecular complexity index is 416. The topological polar surface area (TPSA) is 35.8 Å². The zero-order chi connectivity index (χ0) is 12.3. The lowest BCUT2D eigenvalue weighted by Gasteiger charge is -2.24. The molecule has 0 radical (unpaired) electrons. The largest absolute Gasteiger partial charge is 0.367 e. The maximum atomic E-state index is 9.43. The molecule has 0 saturated heterocycles. The van der Waals surface area contributed by atoms with Crippen LogP contribution < -0.4 is 5.32 Å². The maximum absolute atomic E-state index is 9.43. The number of nitriles is 1. The van der Waals surface area contributed by atoms with Gasteiger partial charge in [-0.3, -0.25) is 0 Å². The van der Waals surface area contributed by atoms with Gasteiger partial charge >= 0.3 is 0 Å². The molecule has 0 heterocycles. The quantitative estimate of drug-likeness (QED) is 0.852. The first-order valence-electron chi connectivity index (χ1n) is 6.43. The Labute approximate surface area is 104 Å². The van der Waals surface area contributed by atoms with Gasteiger partial charge in [0.25, 0.3) is 0 Å². The molecule has 2 unspecified atom stereocenters. The molecule has 1 aromatic carbocycles. The average molecular weight is 228 g/mol. The number of aryl methyl sites for hydroxylation is 1. The minimum atomic E-state index is -0.337. The van der Waals surface area contributed by atoms with Gasteiger partial charge in [-0.05, 0) is 44.2 Å². The molecule has 1 saturated carbocycles. The molecule has 2 nitrogen and oxygen atoms in total. The summed E-state index contributed by atoms with van der Waals surface area (Å²) < 4.78 is 0. The number of hydrogen-bond acceptors (Lipinski definition) is 2. The van der Waals surface area contributed by atoms with Crippen LogP contribution in [0, 0.1) is 24.2 Å². The summed E-state index contributed by atoms with van der Waals surface area (Å²) in [5.41, 5.74) is 1.98. The molecule has 0 aromatic heterocycles. The second kappa shape index (κ2) is 4.79. The Morgan fingerprint density at radius 3 is 2.65 bits per heavy atom. The van der Waals surface area contributed by atoms with Crippen molar-refractivity contribution in [1.29, 1.82) is 5.26 Å². The maximum Gasteiger partial charge on any atom is 0.125 e. The normalized spacial score (nSPS) is 27.7. The molecule has 2 atom stereocenters. The molecule has 1 N–H and O–H groups in total. The van der Waals surface area contributed by atoms with Crippen LogP contribution in [-0.4, -0.2) is 5.54 Å². The van der Waals surface area contributed by atoms with Crippen LogP contribution in [0.25, 0.3) is 0 Å². The lowest BCUT2D eigenvalue weighted by molar-refractivity contribution is 0.503. The SMILES string of the molecule is CCC1CCC(C#N)(Nc2ccc(C)cc2)C1. The van der Waals surface area contributed by atoms with Crippen molar-refractivity contribution in [2.45, 2.75) is 45.1 Å². The Kier molecular flexibility index (Phi) is 3.38. The summed E-state index contributed by atoms with van der Waals surface area (Å²) in [5, 5.41) is 12.9. The third kappa shape index (κ3) is 2.61. The van der Waals surface area contributed by atoms with Gasteiger partial charge in [0.15, 0.2) is 0 Å². The van der Waals surface area contributed by atoms with E-state index in [1.807, 2.05) is 0 Å². The molecule has 2 heteroatoms. The number of nitrogens with zero attached hydrogens (tertiary/aromatic N) is 1. The number of rotatable bonds is 3. The predicted molar refractivity (Wildman–Crippen MR) is 70.8 cm³/mol. The molecule has 2 rings (SSSR count). The van der Waals surface area contributed by atoms with E-state index in [1.165, 1.54) is 18.4 Å². The molecule has 0 aliphatic heterocycles. The summed E-state index contributed by atoms with van der Waals surface area (Å²) in [6, 6.07) is 10.8. The monoisotopic (exact) mass is 228 g/mol. The average Bonchev–Trinajstić information content (AvgIpc) is 2.76. The highest BCUT2D eigenvalue weighted by Gasteiger charge is 2.38. The molecule has 1 aliphatic rings. The van der Waals surface area contributed by atoms with Gasteiger partial charge in [-0.2, -0.15) is 5.26 Å². The lowest BCUT2D eigenvalue weighted by Crippen LogP contribution is -2.33. The highest BCUT2D eigenvalue weighted by atomic mass is 15.0. The van der Waals surface area contributed by atoms with Gasteiger partial charge in [-0.1, -0.05) is 31.0 Å². The second-order valence-corrected chi connectivity index (χ2v) is 5.20.